The van der Waals surface area contributed by atoms with E-state index in [2.05, 4.69) is 10.3 Å². The highest BCUT2D eigenvalue weighted by Gasteiger charge is 2.50. The number of nitrogens with zero attached hydrogens (tertiary/aromatic N) is 1. The Morgan fingerprint density at radius 2 is 1.15 bits per heavy atom. The van der Waals surface area contributed by atoms with Gasteiger partial charge in [-0.3, -0.25) is 4.99 Å². The molecule has 0 saturated carbocycles. The fourth-order valence-electron chi connectivity index (χ4n) is 6.54. The fourth-order valence-corrected chi connectivity index (χ4v) is 6.54. The molecule has 0 radical (unpaired) electrons. The van der Waals surface area contributed by atoms with Crippen molar-refractivity contribution in [2.24, 2.45) is 4.99 Å². The third-order valence-electron chi connectivity index (χ3n) is 9.43. The lowest BCUT2D eigenvalue weighted by Gasteiger charge is -2.46. The maximum Gasteiger partial charge on any atom is 0.229 e. The average Bonchev–Trinajstić information content (AvgIpc) is 3.77. The zero-order chi connectivity index (χ0) is 37.5. The SMILES string of the molecule is COc1ccc(/C(=C\C2=NCCN2)O[C@H]2O[C@H](COCc3ccccc3)[C@@H](OCc3ccccc3)[C@H](OCc3ccccc3)[C@H]2OCc2ccccc2)cc1. The summed E-state index contributed by atoms with van der Waals surface area (Å²) in [6.07, 6.45) is -1.55. The van der Waals surface area contributed by atoms with Gasteiger partial charge >= 0.3 is 0 Å². The summed E-state index contributed by atoms with van der Waals surface area (Å²) in [5, 5.41) is 3.35. The number of aliphatic imine (C=N–C) groups is 1. The standard InChI is InChI=1S/C46H48N2O7/c1-49-39-24-22-38(23-25-39)40(28-42-47-26-27-48-42)54-46-45(53-32-37-20-12-5-13-21-37)44(52-31-36-18-10-4-11-19-36)43(51-30-35-16-8-3-9-17-35)41(55-46)33-50-29-34-14-6-2-7-15-34/h2-25,28,41,43-46H,26-27,29-33H2,1H3,(H,47,48)/b40-28+/t41-,43-,44+,45-,46+/m1/s1. The quantitative estimate of drug-likeness (QED) is 0.0914. The third-order valence-corrected chi connectivity index (χ3v) is 9.43. The van der Waals surface area contributed by atoms with Crippen LogP contribution >= 0.6 is 0 Å². The molecule has 2 heterocycles. The first-order valence-corrected chi connectivity index (χ1v) is 18.8. The first-order chi connectivity index (χ1) is 27.2. The van der Waals surface area contributed by atoms with Crippen LogP contribution in [-0.4, -0.2) is 63.3 Å². The van der Waals surface area contributed by atoms with E-state index in [9.17, 15) is 0 Å². The molecule has 5 atom stereocenters. The normalized spacial score (nSPS) is 21.1. The summed E-state index contributed by atoms with van der Waals surface area (Å²) in [4.78, 5) is 4.64. The summed E-state index contributed by atoms with van der Waals surface area (Å²) < 4.78 is 46.3. The van der Waals surface area contributed by atoms with Crippen molar-refractivity contribution >= 4 is 11.6 Å². The van der Waals surface area contributed by atoms with E-state index in [1.54, 1.807) is 7.11 Å². The number of benzene rings is 5. The Balaban J connectivity index is 1.26. The molecule has 0 amide bonds. The van der Waals surface area contributed by atoms with Crippen LogP contribution in [0.2, 0.25) is 0 Å². The Hall–Kier alpha value is -5.29. The molecule has 0 unspecified atom stereocenters. The van der Waals surface area contributed by atoms with Gasteiger partial charge in [0.05, 0.1) is 46.7 Å². The second-order valence-corrected chi connectivity index (χ2v) is 13.4. The summed E-state index contributed by atoms with van der Waals surface area (Å²) >= 11 is 0. The van der Waals surface area contributed by atoms with E-state index in [4.69, 9.17) is 33.2 Å². The molecule has 0 aliphatic carbocycles. The number of hydrogen-bond acceptors (Lipinski definition) is 9. The van der Waals surface area contributed by atoms with Gasteiger partial charge in [0.15, 0.2) is 0 Å². The molecule has 0 bridgehead atoms. The number of nitrogens with one attached hydrogen (secondary N) is 1. The smallest absolute Gasteiger partial charge is 0.229 e. The van der Waals surface area contributed by atoms with Crippen LogP contribution < -0.4 is 10.1 Å². The monoisotopic (exact) mass is 740 g/mol. The van der Waals surface area contributed by atoms with Crippen LogP contribution in [-0.2, 0) is 54.8 Å². The van der Waals surface area contributed by atoms with E-state index < -0.39 is 30.7 Å². The fraction of sp³-hybridized carbons (Fsp3) is 0.283. The molecule has 1 N–H and O–H groups in total. The minimum absolute atomic E-state index is 0.223. The second kappa shape index (κ2) is 19.9. The maximum atomic E-state index is 6.97. The van der Waals surface area contributed by atoms with Crippen molar-refractivity contribution in [2.75, 3.05) is 26.8 Å². The van der Waals surface area contributed by atoms with Crippen molar-refractivity contribution in [1.29, 1.82) is 0 Å². The van der Waals surface area contributed by atoms with Crippen LogP contribution in [0.15, 0.2) is 157 Å². The van der Waals surface area contributed by atoms with E-state index in [1.807, 2.05) is 152 Å². The topological polar surface area (TPSA) is 89.0 Å². The number of amidine groups is 1. The predicted molar refractivity (Wildman–Crippen MR) is 212 cm³/mol. The van der Waals surface area contributed by atoms with Gasteiger partial charge < -0.3 is 38.5 Å². The Bertz CT molecular complexity index is 1930. The highest BCUT2D eigenvalue weighted by molar-refractivity contribution is 5.99. The maximum absolute atomic E-state index is 6.97. The predicted octanol–water partition coefficient (Wildman–Crippen LogP) is 7.75. The molecule has 0 aromatic heterocycles. The van der Waals surface area contributed by atoms with Gasteiger partial charge in [0.1, 0.15) is 41.8 Å². The molecule has 2 aliphatic rings. The minimum atomic E-state index is -0.929. The first kappa shape index (κ1) is 38.0. The Labute approximate surface area is 323 Å². The lowest BCUT2D eigenvalue weighted by atomic mass is 9.97. The number of ether oxygens (including phenoxy) is 7. The van der Waals surface area contributed by atoms with Crippen molar-refractivity contribution in [1.82, 2.24) is 5.32 Å². The van der Waals surface area contributed by atoms with Gasteiger partial charge in [-0.15, -0.1) is 0 Å². The summed E-state index contributed by atoms with van der Waals surface area (Å²) in [6, 6.07) is 48.1. The van der Waals surface area contributed by atoms with Crippen molar-refractivity contribution in [3.05, 3.63) is 179 Å². The van der Waals surface area contributed by atoms with Gasteiger partial charge in [-0.25, -0.2) is 0 Å². The molecule has 1 saturated heterocycles. The highest BCUT2D eigenvalue weighted by atomic mass is 16.7. The van der Waals surface area contributed by atoms with Gasteiger partial charge in [-0.2, -0.15) is 0 Å². The van der Waals surface area contributed by atoms with Crippen LogP contribution in [0.3, 0.4) is 0 Å². The Morgan fingerprint density at radius 1 is 0.636 bits per heavy atom. The average molecular weight is 741 g/mol. The largest absolute Gasteiger partial charge is 0.497 e. The van der Waals surface area contributed by atoms with E-state index in [1.165, 1.54) is 0 Å². The van der Waals surface area contributed by atoms with Crippen LogP contribution in [0.25, 0.3) is 5.76 Å². The molecule has 5 aromatic carbocycles. The van der Waals surface area contributed by atoms with E-state index in [0.717, 1.165) is 45.9 Å². The van der Waals surface area contributed by atoms with E-state index >= 15 is 0 Å². The first-order valence-electron chi connectivity index (χ1n) is 18.8. The minimum Gasteiger partial charge on any atom is -0.497 e. The molecule has 1 fully saturated rings. The van der Waals surface area contributed by atoms with Crippen LogP contribution in [0.1, 0.15) is 27.8 Å². The summed E-state index contributed by atoms with van der Waals surface area (Å²) in [6.45, 7) is 3.03. The zero-order valence-electron chi connectivity index (χ0n) is 31.1. The Morgan fingerprint density at radius 3 is 1.65 bits per heavy atom. The molecule has 7 rings (SSSR count). The van der Waals surface area contributed by atoms with E-state index in [0.29, 0.717) is 38.7 Å². The molecular weight excluding hydrogens is 693 g/mol. The second-order valence-electron chi connectivity index (χ2n) is 13.4. The summed E-state index contributed by atoms with van der Waals surface area (Å²) in [5.41, 5.74) is 4.94. The van der Waals surface area contributed by atoms with Crippen LogP contribution in [0.4, 0.5) is 0 Å². The van der Waals surface area contributed by atoms with E-state index in [-0.39, 0.29) is 6.61 Å². The molecule has 5 aromatic rings. The lowest BCUT2D eigenvalue weighted by molar-refractivity contribution is -0.315. The highest BCUT2D eigenvalue weighted by Crippen LogP contribution is 2.34. The molecule has 2 aliphatic heterocycles. The van der Waals surface area contributed by atoms with Gasteiger partial charge in [-0.1, -0.05) is 121 Å². The molecule has 55 heavy (non-hydrogen) atoms. The summed E-state index contributed by atoms with van der Waals surface area (Å²) in [5.74, 6) is 2.02. The lowest BCUT2D eigenvalue weighted by Crippen LogP contribution is -2.61. The number of rotatable bonds is 18. The summed E-state index contributed by atoms with van der Waals surface area (Å²) in [7, 11) is 1.65. The Kier molecular flexibility index (Phi) is 13.7. The molecular formula is C46H48N2O7. The van der Waals surface area contributed by atoms with Gasteiger partial charge in [-0.05, 0) is 46.5 Å². The molecule has 9 heteroatoms. The van der Waals surface area contributed by atoms with Crippen molar-refractivity contribution in [3.63, 3.8) is 0 Å². The van der Waals surface area contributed by atoms with Gasteiger partial charge in [0.2, 0.25) is 6.29 Å². The molecule has 284 valence electrons. The third kappa shape index (κ3) is 10.9. The van der Waals surface area contributed by atoms with Crippen LogP contribution in [0, 0.1) is 0 Å². The zero-order valence-corrected chi connectivity index (χ0v) is 31.1. The van der Waals surface area contributed by atoms with Gasteiger partial charge in [0, 0.05) is 18.2 Å². The van der Waals surface area contributed by atoms with Crippen molar-refractivity contribution in [2.45, 2.75) is 57.1 Å². The van der Waals surface area contributed by atoms with Crippen LogP contribution in [0.5, 0.6) is 5.75 Å². The van der Waals surface area contributed by atoms with Crippen molar-refractivity contribution in [3.8, 4) is 5.75 Å². The molecule has 0 spiro atoms. The van der Waals surface area contributed by atoms with Gasteiger partial charge in [0.25, 0.3) is 0 Å². The number of methoxy groups -OCH3 is 1. The number of hydrogen-bond donors (Lipinski definition) is 1. The van der Waals surface area contributed by atoms with Crippen molar-refractivity contribution < 1.29 is 33.2 Å². The molecule has 9 nitrogen and oxygen atoms in total.